The number of aromatic nitrogens is 4. The largest absolute Gasteiger partial charge is 0.496 e. The first-order valence-electron chi connectivity index (χ1n) is 10.1. The second kappa shape index (κ2) is 7.80. The highest BCUT2D eigenvalue weighted by atomic mass is 35.5. The van der Waals surface area contributed by atoms with Crippen LogP contribution >= 0.6 is 11.6 Å². The molecular weight excluding hydrogens is 430 g/mol. The van der Waals surface area contributed by atoms with Gasteiger partial charge in [0.1, 0.15) is 17.1 Å². The summed E-state index contributed by atoms with van der Waals surface area (Å²) in [4.78, 5) is 32.7. The van der Waals surface area contributed by atoms with Crippen molar-refractivity contribution in [3.63, 3.8) is 0 Å². The van der Waals surface area contributed by atoms with Crippen molar-refractivity contribution in [2.24, 2.45) is 7.05 Å². The molecule has 0 fully saturated rings. The molecule has 1 aliphatic rings. The molecule has 9 heteroatoms. The van der Waals surface area contributed by atoms with Gasteiger partial charge in [-0.25, -0.2) is 4.98 Å². The molecule has 0 bridgehead atoms. The number of aryl methyl sites for hydroxylation is 1. The van der Waals surface area contributed by atoms with E-state index in [1.54, 1.807) is 48.1 Å². The van der Waals surface area contributed by atoms with E-state index in [0.717, 1.165) is 11.3 Å². The number of nitrogens with zero attached hydrogens (tertiary/aromatic N) is 5. The monoisotopic (exact) mass is 449 g/mol. The summed E-state index contributed by atoms with van der Waals surface area (Å²) >= 11 is 6.05. The van der Waals surface area contributed by atoms with E-state index in [2.05, 4.69) is 10.1 Å². The summed E-state index contributed by atoms with van der Waals surface area (Å²) in [6.45, 7) is 0.655. The smallest absolute Gasteiger partial charge is 0.272 e. The predicted octanol–water partition coefficient (Wildman–Crippen LogP) is 2.96. The molecule has 0 radical (unpaired) electrons. The van der Waals surface area contributed by atoms with Gasteiger partial charge in [0.25, 0.3) is 11.5 Å². The van der Waals surface area contributed by atoms with Crippen LogP contribution in [0.1, 0.15) is 21.7 Å². The van der Waals surface area contributed by atoms with Crippen molar-refractivity contribution in [3.05, 3.63) is 81.0 Å². The fraction of sp³-hybridized carbons (Fsp3) is 0.217. The molecular formula is C23H20ClN5O3. The summed E-state index contributed by atoms with van der Waals surface area (Å²) < 4.78 is 8.41. The Morgan fingerprint density at radius 3 is 2.81 bits per heavy atom. The molecule has 4 heterocycles. The maximum atomic E-state index is 13.3. The fourth-order valence-corrected chi connectivity index (χ4v) is 4.22. The molecule has 0 unspecified atom stereocenters. The molecule has 162 valence electrons. The Bertz CT molecular complexity index is 1430. The van der Waals surface area contributed by atoms with Gasteiger partial charge in [-0.3, -0.25) is 18.7 Å². The summed E-state index contributed by atoms with van der Waals surface area (Å²) in [6.07, 6.45) is 2.06. The summed E-state index contributed by atoms with van der Waals surface area (Å²) in [5.41, 5.74) is 3.46. The molecule has 4 aromatic rings. The van der Waals surface area contributed by atoms with E-state index in [1.165, 1.54) is 4.40 Å². The lowest BCUT2D eigenvalue weighted by Crippen LogP contribution is -2.40. The van der Waals surface area contributed by atoms with Crippen LogP contribution in [-0.4, -0.2) is 43.6 Å². The minimum Gasteiger partial charge on any atom is -0.496 e. The van der Waals surface area contributed by atoms with Crippen LogP contribution in [0.3, 0.4) is 0 Å². The van der Waals surface area contributed by atoms with Gasteiger partial charge in [-0.2, -0.15) is 5.10 Å². The van der Waals surface area contributed by atoms with Crippen molar-refractivity contribution in [3.8, 4) is 17.0 Å². The number of fused-ring (bicyclic) bond motifs is 2. The number of carbonyl (C=O) groups excluding carboxylic acids is 1. The van der Waals surface area contributed by atoms with E-state index in [4.69, 9.17) is 16.3 Å². The maximum Gasteiger partial charge on any atom is 0.272 e. The molecule has 8 nitrogen and oxygen atoms in total. The third kappa shape index (κ3) is 3.33. The molecule has 5 rings (SSSR count). The normalized spacial score (nSPS) is 13.3. The highest BCUT2D eigenvalue weighted by Gasteiger charge is 2.28. The number of ether oxygens (including phenoxy) is 1. The lowest BCUT2D eigenvalue weighted by atomic mass is 10.1. The Morgan fingerprint density at radius 1 is 1.19 bits per heavy atom. The minimum absolute atomic E-state index is 0.185. The quantitative estimate of drug-likeness (QED) is 0.480. The lowest BCUT2D eigenvalue weighted by molar-refractivity contribution is 0.0721. The van der Waals surface area contributed by atoms with E-state index < -0.39 is 0 Å². The molecule has 0 saturated heterocycles. The number of methoxy groups -OCH3 is 1. The number of hydrogen-bond acceptors (Lipinski definition) is 5. The third-order valence-electron chi connectivity index (χ3n) is 5.70. The van der Waals surface area contributed by atoms with E-state index in [9.17, 15) is 9.59 Å². The number of rotatable bonds is 3. The summed E-state index contributed by atoms with van der Waals surface area (Å²) in [6, 6.07) is 12.7. The molecule has 1 amide bonds. The van der Waals surface area contributed by atoms with E-state index in [-0.39, 0.29) is 18.0 Å². The van der Waals surface area contributed by atoms with E-state index >= 15 is 0 Å². The molecule has 0 saturated carbocycles. The molecule has 0 spiro atoms. The number of amides is 1. The minimum atomic E-state index is -0.204. The average Bonchev–Trinajstić information content (AvgIpc) is 3.20. The van der Waals surface area contributed by atoms with Gasteiger partial charge in [0.15, 0.2) is 0 Å². The van der Waals surface area contributed by atoms with Crippen molar-refractivity contribution in [2.75, 3.05) is 13.7 Å². The van der Waals surface area contributed by atoms with Crippen LogP contribution in [0.2, 0.25) is 5.02 Å². The number of carbonyl (C=O) groups is 1. The number of hydrogen-bond donors (Lipinski definition) is 0. The predicted molar refractivity (Wildman–Crippen MR) is 120 cm³/mol. The van der Waals surface area contributed by atoms with Gasteiger partial charge in [0.05, 0.1) is 35.6 Å². The van der Waals surface area contributed by atoms with Crippen molar-refractivity contribution >= 4 is 23.2 Å². The van der Waals surface area contributed by atoms with Gasteiger partial charge in [0.2, 0.25) is 0 Å². The summed E-state index contributed by atoms with van der Waals surface area (Å²) in [5, 5.41) is 4.96. The summed E-state index contributed by atoms with van der Waals surface area (Å²) in [5.74, 6) is 0.489. The number of halogens is 1. The van der Waals surface area contributed by atoms with Gasteiger partial charge >= 0.3 is 0 Å². The highest BCUT2D eigenvalue weighted by molar-refractivity contribution is 6.30. The molecule has 3 aromatic heterocycles. The van der Waals surface area contributed by atoms with Gasteiger partial charge in [-0.1, -0.05) is 23.7 Å². The van der Waals surface area contributed by atoms with Crippen LogP contribution in [-0.2, 0) is 20.0 Å². The van der Waals surface area contributed by atoms with Crippen LogP contribution in [0.25, 0.3) is 16.9 Å². The highest BCUT2D eigenvalue weighted by Crippen LogP contribution is 2.29. The molecule has 0 aliphatic carbocycles. The molecule has 1 aliphatic heterocycles. The standard InChI is InChI=1S/C23H20ClN5O3/c1-27-19(11-18(26-27)15-5-3-4-6-20(15)32-2)23(31)28-10-9-17-16(13-28)22(30)29-12-14(24)7-8-21(29)25-17/h3-8,11-12H,9-10,13H2,1-2H3. The topological polar surface area (TPSA) is 81.7 Å². The Hall–Kier alpha value is -3.65. The maximum absolute atomic E-state index is 13.3. The first-order valence-corrected chi connectivity index (χ1v) is 10.5. The first-order chi connectivity index (χ1) is 15.5. The molecule has 1 aromatic carbocycles. The fourth-order valence-electron chi connectivity index (χ4n) is 4.06. The van der Waals surface area contributed by atoms with Crippen LogP contribution in [0, 0.1) is 0 Å². The second-order valence-electron chi connectivity index (χ2n) is 7.63. The average molecular weight is 450 g/mol. The molecule has 32 heavy (non-hydrogen) atoms. The van der Waals surface area contributed by atoms with Crippen molar-refractivity contribution in [2.45, 2.75) is 13.0 Å². The number of para-hydroxylation sites is 1. The van der Waals surface area contributed by atoms with Crippen molar-refractivity contribution in [1.29, 1.82) is 0 Å². The van der Waals surface area contributed by atoms with Gasteiger partial charge in [0, 0.05) is 31.8 Å². The van der Waals surface area contributed by atoms with Crippen LogP contribution in [0.4, 0.5) is 0 Å². The zero-order chi connectivity index (χ0) is 22.4. The van der Waals surface area contributed by atoms with Crippen molar-refractivity contribution in [1.82, 2.24) is 24.1 Å². The van der Waals surface area contributed by atoms with E-state index in [0.29, 0.717) is 46.3 Å². The Morgan fingerprint density at radius 2 is 2.00 bits per heavy atom. The van der Waals surface area contributed by atoms with Gasteiger partial charge in [-0.05, 0) is 30.3 Å². The van der Waals surface area contributed by atoms with Crippen molar-refractivity contribution < 1.29 is 9.53 Å². The van der Waals surface area contributed by atoms with Crippen LogP contribution < -0.4 is 10.3 Å². The SMILES string of the molecule is COc1ccccc1-c1cc(C(=O)N2CCc3nc4ccc(Cl)cn4c(=O)c3C2)n(C)n1. The number of pyridine rings is 1. The Kier molecular flexibility index (Phi) is 4.94. The van der Waals surface area contributed by atoms with Crippen LogP contribution in [0.15, 0.2) is 53.5 Å². The van der Waals surface area contributed by atoms with E-state index in [1.807, 2.05) is 24.3 Å². The number of benzene rings is 1. The van der Waals surface area contributed by atoms with Gasteiger partial charge < -0.3 is 9.64 Å². The zero-order valence-electron chi connectivity index (χ0n) is 17.6. The van der Waals surface area contributed by atoms with Gasteiger partial charge in [-0.15, -0.1) is 0 Å². The molecule has 0 atom stereocenters. The summed E-state index contributed by atoms with van der Waals surface area (Å²) in [7, 11) is 3.33. The zero-order valence-corrected chi connectivity index (χ0v) is 18.3. The third-order valence-corrected chi connectivity index (χ3v) is 5.93. The Balaban J connectivity index is 1.48. The second-order valence-corrected chi connectivity index (χ2v) is 8.07. The first kappa shape index (κ1) is 20.3. The Labute approximate surface area is 188 Å². The van der Waals surface area contributed by atoms with Crippen LogP contribution in [0.5, 0.6) is 5.75 Å². The molecule has 0 N–H and O–H groups in total. The lowest BCUT2D eigenvalue weighted by Gasteiger charge is -2.28.